The van der Waals surface area contributed by atoms with Crippen molar-refractivity contribution in [3.05, 3.63) is 30.3 Å². The van der Waals surface area contributed by atoms with Crippen molar-refractivity contribution in [2.75, 3.05) is 6.61 Å². The zero-order valence-corrected chi connectivity index (χ0v) is 15.9. The van der Waals surface area contributed by atoms with E-state index >= 15 is 0 Å². The molecule has 1 N–H and O–H groups in total. The van der Waals surface area contributed by atoms with E-state index in [1.807, 2.05) is 58.0 Å². The second-order valence-corrected chi connectivity index (χ2v) is 8.22. The number of thioether (sulfide) groups is 1. The molecular formula is C19H28O4S. The Kier molecular flexibility index (Phi) is 6.48. The number of aliphatic hydroxyl groups is 1. The van der Waals surface area contributed by atoms with Gasteiger partial charge in [0.15, 0.2) is 10.9 Å². The summed E-state index contributed by atoms with van der Waals surface area (Å²) < 4.78 is 11.7. The van der Waals surface area contributed by atoms with Crippen LogP contribution in [0, 0.1) is 17.8 Å². The lowest BCUT2D eigenvalue weighted by molar-refractivity contribution is -0.304. The van der Waals surface area contributed by atoms with E-state index in [0.717, 1.165) is 4.90 Å². The maximum Gasteiger partial charge on any atom is 0.199 e. The monoisotopic (exact) mass is 352 g/mol. The highest BCUT2D eigenvalue weighted by Crippen LogP contribution is 2.34. The number of ether oxygens (including phenoxy) is 2. The summed E-state index contributed by atoms with van der Waals surface area (Å²) >= 11 is 1.18. The lowest BCUT2D eigenvalue weighted by Crippen LogP contribution is -2.50. The van der Waals surface area contributed by atoms with Gasteiger partial charge in [0.25, 0.3) is 0 Å². The standard InChI is InChI=1S/C19H28O4S/c1-12-11-22-19(4,5)23-17(12)13(2)16(20)14(3)18(21)24-15-9-7-6-8-10-15/h6-10,12-14,16-17,20H,11H2,1-5H3/t12-,13+,14+,16-,17+/m1/s1. The van der Waals surface area contributed by atoms with Crippen LogP contribution in [0.25, 0.3) is 0 Å². The molecule has 0 amide bonds. The van der Waals surface area contributed by atoms with E-state index in [0.29, 0.717) is 6.61 Å². The number of aliphatic hydroxyl groups excluding tert-OH is 1. The van der Waals surface area contributed by atoms with Gasteiger partial charge >= 0.3 is 0 Å². The lowest BCUT2D eigenvalue weighted by atomic mass is 9.84. The second-order valence-electron chi connectivity index (χ2n) is 7.14. The van der Waals surface area contributed by atoms with Crippen LogP contribution in [0.5, 0.6) is 0 Å². The predicted octanol–water partition coefficient (Wildman–Crippen LogP) is 3.73. The highest BCUT2D eigenvalue weighted by Gasteiger charge is 2.41. The quantitative estimate of drug-likeness (QED) is 0.819. The number of carbonyl (C=O) groups excluding carboxylic acids is 1. The Morgan fingerprint density at radius 2 is 1.92 bits per heavy atom. The molecule has 1 heterocycles. The minimum absolute atomic E-state index is 0.0282. The third kappa shape index (κ3) is 4.82. The molecule has 1 aromatic carbocycles. The first-order chi connectivity index (χ1) is 11.2. The maximum absolute atomic E-state index is 12.5. The number of hydrogen-bond donors (Lipinski definition) is 1. The van der Waals surface area contributed by atoms with Crippen LogP contribution in [-0.4, -0.2) is 34.8 Å². The van der Waals surface area contributed by atoms with Gasteiger partial charge in [-0.3, -0.25) is 4.79 Å². The van der Waals surface area contributed by atoms with Gasteiger partial charge in [-0.05, 0) is 26.0 Å². The average Bonchev–Trinajstić information content (AvgIpc) is 2.56. The first-order valence-electron chi connectivity index (χ1n) is 8.48. The molecule has 1 saturated heterocycles. The largest absolute Gasteiger partial charge is 0.392 e. The summed E-state index contributed by atoms with van der Waals surface area (Å²) in [5.74, 6) is -1.10. The Hall–Kier alpha value is -0.880. The van der Waals surface area contributed by atoms with Crippen molar-refractivity contribution in [1.82, 2.24) is 0 Å². The molecule has 0 aliphatic carbocycles. The molecule has 5 heteroatoms. The Bertz CT molecular complexity index is 546. The molecule has 1 aliphatic heterocycles. The molecule has 0 saturated carbocycles. The molecule has 0 unspecified atom stereocenters. The first kappa shape index (κ1) is 19.4. The summed E-state index contributed by atoms with van der Waals surface area (Å²) in [6.45, 7) is 10.1. The third-order valence-electron chi connectivity index (χ3n) is 4.58. The molecule has 4 nitrogen and oxygen atoms in total. The van der Waals surface area contributed by atoms with Crippen molar-refractivity contribution in [3.63, 3.8) is 0 Å². The smallest absolute Gasteiger partial charge is 0.199 e. The number of rotatable bonds is 5. The van der Waals surface area contributed by atoms with Crippen LogP contribution in [0.1, 0.15) is 34.6 Å². The molecule has 1 fully saturated rings. The van der Waals surface area contributed by atoms with Crippen molar-refractivity contribution in [2.45, 2.75) is 57.5 Å². The van der Waals surface area contributed by atoms with Crippen molar-refractivity contribution in [3.8, 4) is 0 Å². The molecule has 0 bridgehead atoms. The predicted molar refractivity (Wildman–Crippen MR) is 95.7 cm³/mol. The van der Waals surface area contributed by atoms with Crippen LogP contribution in [0.15, 0.2) is 35.2 Å². The third-order valence-corrected chi connectivity index (χ3v) is 5.66. The Labute approximate surface area is 148 Å². The molecule has 2 rings (SSSR count). The summed E-state index contributed by atoms with van der Waals surface area (Å²) in [6.07, 6.45) is -0.893. The maximum atomic E-state index is 12.5. The fourth-order valence-electron chi connectivity index (χ4n) is 3.02. The van der Waals surface area contributed by atoms with Crippen molar-refractivity contribution in [1.29, 1.82) is 0 Å². The van der Waals surface area contributed by atoms with Gasteiger partial charge in [-0.15, -0.1) is 0 Å². The molecule has 24 heavy (non-hydrogen) atoms. The zero-order chi connectivity index (χ0) is 17.9. The van der Waals surface area contributed by atoms with Gasteiger partial charge in [0.1, 0.15) is 0 Å². The van der Waals surface area contributed by atoms with E-state index in [1.54, 1.807) is 6.92 Å². The summed E-state index contributed by atoms with van der Waals surface area (Å²) in [7, 11) is 0. The van der Waals surface area contributed by atoms with E-state index in [-0.39, 0.29) is 23.1 Å². The van der Waals surface area contributed by atoms with Crippen molar-refractivity contribution >= 4 is 16.9 Å². The van der Waals surface area contributed by atoms with Gasteiger partial charge in [0, 0.05) is 16.7 Å². The number of hydrogen-bond acceptors (Lipinski definition) is 5. The molecule has 0 spiro atoms. The van der Waals surface area contributed by atoms with Gasteiger partial charge in [0.2, 0.25) is 0 Å². The summed E-state index contributed by atoms with van der Waals surface area (Å²) in [4.78, 5) is 13.4. The fraction of sp³-hybridized carbons (Fsp3) is 0.632. The first-order valence-corrected chi connectivity index (χ1v) is 9.29. The van der Waals surface area contributed by atoms with Crippen LogP contribution in [-0.2, 0) is 14.3 Å². The van der Waals surface area contributed by atoms with E-state index in [4.69, 9.17) is 9.47 Å². The number of carbonyl (C=O) groups is 1. The van der Waals surface area contributed by atoms with Gasteiger partial charge < -0.3 is 14.6 Å². The van der Waals surface area contributed by atoms with Crippen LogP contribution in [0.3, 0.4) is 0 Å². The summed E-state index contributed by atoms with van der Waals surface area (Å²) in [5.41, 5.74) is 0. The normalized spacial score (nSPS) is 27.2. The Balaban J connectivity index is 2.00. The molecule has 5 atom stereocenters. The van der Waals surface area contributed by atoms with Crippen molar-refractivity contribution in [2.24, 2.45) is 17.8 Å². The minimum Gasteiger partial charge on any atom is -0.392 e. The van der Waals surface area contributed by atoms with E-state index < -0.39 is 17.8 Å². The molecule has 0 aromatic heterocycles. The van der Waals surface area contributed by atoms with Gasteiger partial charge in [-0.25, -0.2) is 0 Å². The zero-order valence-electron chi connectivity index (χ0n) is 15.1. The molecular weight excluding hydrogens is 324 g/mol. The second kappa shape index (κ2) is 8.00. The summed E-state index contributed by atoms with van der Waals surface area (Å²) in [6, 6.07) is 9.52. The molecule has 134 valence electrons. The van der Waals surface area contributed by atoms with E-state index in [1.165, 1.54) is 11.8 Å². The van der Waals surface area contributed by atoms with Crippen LogP contribution in [0.2, 0.25) is 0 Å². The molecule has 1 aromatic rings. The lowest BCUT2D eigenvalue weighted by Gasteiger charge is -2.44. The minimum atomic E-state index is -0.755. The summed E-state index contributed by atoms with van der Waals surface area (Å²) in [5, 5.41) is 10.7. The Morgan fingerprint density at radius 3 is 2.54 bits per heavy atom. The van der Waals surface area contributed by atoms with E-state index in [9.17, 15) is 9.90 Å². The van der Waals surface area contributed by atoms with Crippen LogP contribution < -0.4 is 0 Å². The van der Waals surface area contributed by atoms with Crippen LogP contribution >= 0.6 is 11.8 Å². The highest BCUT2D eigenvalue weighted by molar-refractivity contribution is 8.13. The Morgan fingerprint density at radius 1 is 1.29 bits per heavy atom. The topological polar surface area (TPSA) is 55.8 Å². The van der Waals surface area contributed by atoms with Crippen LogP contribution in [0.4, 0.5) is 0 Å². The van der Waals surface area contributed by atoms with Crippen molar-refractivity contribution < 1.29 is 19.4 Å². The molecule has 1 aliphatic rings. The number of benzene rings is 1. The van der Waals surface area contributed by atoms with Gasteiger partial charge in [0.05, 0.1) is 24.7 Å². The SMILES string of the molecule is C[C@@H]([C@@H](O)[C@H](C)C(=O)Sc1ccccc1)[C@H]1OC(C)(C)OC[C@H]1C. The fourth-order valence-corrected chi connectivity index (χ4v) is 3.87. The van der Waals surface area contributed by atoms with Gasteiger partial charge in [-0.2, -0.15) is 0 Å². The van der Waals surface area contributed by atoms with Gasteiger partial charge in [-0.1, -0.05) is 50.7 Å². The highest BCUT2D eigenvalue weighted by atomic mass is 32.2. The van der Waals surface area contributed by atoms with E-state index in [2.05, 4.69) is 0 Å². The molecule has 0 radical (unpaired) electrons. The average molecular weight is 352 g/mol.